The van der Waals surface area contributed by atoms with E-state index < -0.39 is 0 Å². The molecule has 3 nitrogen and oxygen atoms in total. The van der Waals surface area contributed by atoms with Crippen LogP contribution < -0.4 is 5.32 Å². The van der Waals surface area contributed by atoms with Crippen molar-refractivity contribution < 1.29 is 0 Å². The molecular weight excluding hydrogens is 210 g/mol. The Hall–Kier alpha value is -1.56. The van der Waals surface area contributed by atoms with Crippen LogP contribution in [0.3, 0.4) is 0 Å². The van der Waals surface area contributed by atoms with E-state index in [2.05, 4.69) is 16.4 Å². The van der Waals surface area contributed by atoms with E-state index >= 15 is 0 Å². The Morgan fingerprint density at radius 2 is 1.88 bits per heavy atom. The number of anilines is 1. The molecule has 0 aromatic carbocycles. The lowest BCUT2D eigenvalue weighted by molar-refractivity contribution is 0.471. The van der Waals surface area contributed by atoms with Gasteiger partial charge in [-0.1, -0.05) is 32.1 Å². The number of aromatic nitrogens is 1. The molecular formula is C14H19N3. The Bertz CT molecular complexity index is 387. The summed E-state index contributed by atoms with van der Waals surface area (Å²) in [5.41, 5.74) is 1.52. The molecule has 2 rings (SSSR count). The van der Waals surface area contributed by atoms with E-state index in [0.29, 0.717) is 11.7 Å². The first-order chi connectivity index (χ1) is 8.38. The van der Waals surface area contributed by atoms with Crippen LogP contribution in [0.5, 0.6) is 0 Å². The number of nitriles is 1. The fraction of sp³-hybridized carbons (Fsp3) is 0.571. The van der Waals surface area contributed by atoms with Crippen molar-refractivity contribution in [3.05, 3.63) is 24.0 Å². The molecule has 1 heterocycles. The predicted octanol–water partition coefficient (Wildman–Crippen LogP) is 3.48. The second kappa shape index (κ2) is 6.24. The van der Waals surface area contributed by atoms with Crippen LogP contribution in [-0.4, -0.2) is 11.0 Å². The maximum Gasteiger partial charge on any atom is 0.142 e. The molecule has 17 heavy (non-hydrogen) atoms. The summed E-state index contributed by atoms with van der Waals surface area (Å²) in [6.07, 6.45) is 10.9. The average Bonchev–Trinajstić information content (AvgIpc) is 2.33. The van der Waals surface area contributed by atoms with Gasteiger partial charge in [0, 0.05) is 17.9 Å². The summed E-state index contributed by atoms with van der Waals surface area (Å²) in [4.78, 5) is 3.98. The van der Waals surface area contributed by atoms with Gasteiger partial charge in [0.05, 0.1) is 0 Å². The standard InChI is InChI=1S/C14H19N3/c15-11-14-10-13(8-9-16-14)17-12-6-4-2-1-3-5-7-12/h8-10,12H,1-7H2,(H,16,17). The van der Waals surface area contributed by atoms with E-state index in [-0.39, 0.29) is 0 Å². The number of nitrogens with zero attached hydrogens (tertiary/aromatic N) is 2. The lowest BCUT2D eigenvalue weighted by Gasteiger charge is -2.22. The Morgan fingerprint density at radius 1 is 1.18 bits per heavy atom. The molecule has 1 aromatic heterocycles. The summed E-state index contributed by atoms with van der Waals surface area (Å²) in [6.45, 7) is 0. The van der Waals surface area contributed by atoms with Crippen LogP contribution in [0, 0.1) is 11.3 Å². The number of rotatable bonds is 2. The number of nitrogens with one attached hydrogen (secondary N) is 1. The smallest absolute Gasteiger partial charge is 0.142 e. The molecule has 0 aliphatic heterocycles. The minimum Gasteiger partial charge on any atom is -0.382 e. The molecule has 1 aliphatic rings. The van der Waals surface area contributed by atoms with Crippen molar-refractivity contribution in [1.29, 1.82) is 5.26 Å². The van der Waals surface area contributed by atoms with E-state index in [9.17, 15) is 0 Å². The molecule has 0 bridgehead atoms. The van der Waals surface area contributed by atoms with Crippen molar-refractivity contribution >= 4 is 5.69 Å². The van der Waals surface area contributed by atoms with Gasteiger partial charge in [-0.15, -0.1) is 0 Å². The second-order valence-corrected chi connectivity index (χ2v) is 4.73. The highest BCUT2D eigenvalue weighted by Gasteiger charge is 2.11. The van der Waals surface area contributed by atoms with Gasteiger partial charge in [-0.2, -0.15) is 5.26 Å². The Morgan fingerprint density at radius 3 is 2.59 bits per heavy atom. The van der Waals surface area contributed by atoms with Gasteiger partial charge < -0.3 is 5.32 Å². The molecule has 0 atom stereocenters. The average molecular weight is 229 g/mol. The summed E-state index contributed by atoms with van der Waals surface area (Å²) in [6, 6.07) is 6.41. The topological polar surface area (TPSA) is 48.7 Å². The third-order valence-corrected chi connectivity index (χ3v) is 3.35. The zero-order valence-electron chi connectivity index (χ0n) is 10.2. The zero-order chi connectivity index (χ0) is 11.9. The van der Waals surface area contributed by atoms with Gasteiger partial charge in [0.15, 0.2) is 0 Å². The fourth-order valence-corrected chi connectivity index (χ4v) is 2.42. The molecule has 90 valence electrons. The Balaban J connectivity index is 1.96. The van der Waals surface area contributed by atoms with Gasteiger partial charge in [-0.05, 0) is 25.0 Å². The Kier molecular flexibility index (Phi) is 4.37. The maximum atomic E-state index is 8.81. The molecule has 1 aliphatic carbocycles. The third kappa shape index (κ3) is 3.74. The number of hydrogen-bond donors (Lipinski definition) is 1. The van der Waals surface area contributed by atoms with Crippen molar-refractivity contribution in [1.82, 2.24) is 4.98 Å². The highest BCUT2D eigenvalue weighted by Crippen LogP contribution is 2.20. The molecule has 0 spiro atoms. The highest BCUT2D eigenvalue weighted by atomic mass is 14.9. The molecule has 1 N–H and O–H groups in total. The van der Waals surface area contributed by atoms with Gasteiger partial charge in [-0.3, -0.25) is 0 Å². The molecule has 0 radical (unpaired) electrons. The van der Waals surface area contributed by atoms with Crippen molar-refractivity contribution in [3.8, 4) is 6.07 Å². The summed E-state index contributed by atoms with van der Waals surface area (Å²) >= 11 is 0. The van der Waals surface area contributed by atoms with Crippen LogP contribution in [0.25, 0.3) is 0 Å². The first kappa shape index (κ1) is 11.9. The van der Waals surface area contributed by atoms with Crippen molar-refractivity contribution in [3.63, 3.8) is 0 Å². The maximum absolute atomic E-state index is 8.81. The van der Waals surface area contributed by atoms with E-state index in [1.54, 1.807) is 6.20 Å². The summed E-state index contributed by atoms with van der Waals surface area (Å²) in [5, 5.41) is 12.3. The third-order valence-electron chi connectivity index (χ3n) is 3.35. The number of hydrogen-bond acceptors (Lipinski definition) is 3. The van der Waals surface area contributed by atoms with Crippen molar-refractivity contribution in [2.24, 2.45) is 0 Å². The van der Waals surface area contributed by atoms with Gasteiger partial charge in [0.25, 0.3) is 0 Å². The van der Waals surface area contributed by atoms with Gasteiger partial charge >= 0.3 is 0 Å². The molecule has 1 saturated carbocycles. The first-order valence-corrected chi connectivity index (χ1v) is 6.51. The largest absolute Gasteiger partial charge is 0.382 e. The van der Waals surface area contributed by atoms with Crippen molar-refractivity contribution in [2.45, 2.75) is 51.0 Å². The number of pyridine rings is 1. The van der Waals surface area contributed by atoms with E-state index in [1.165, 1.54) is 44.9 Å². The van der Waals surface area contributed by atoms with E-state index in [4.69, 9.17) is 5.26 Å². The van der Waals surface area contributed by atoms with Crippen LogP contribution in [0.4, 0.5) is 5.69 Å². The van der Waals surface area contributed by atoms with E-state index in [1.807, 2.05) is 12.1 Å². The zero-order valence-corrected chi connectivity index (χ0v) is 10.2. The molecule has 0 amide bonds. The first-order valence-electron chi connectivity index (χ1n) is 6.51. The highest BCUT2D eigenvalue weighted by molar-refractivity contribution is 5.46. The molecule has 0 saturated heterocycles. The summed E-state index contributed by atoms with van der Waals surface area (Å²) < 4.78 is 0. The van der Waals surface area contributed by atoms with Gasteiger partial charge in [0.1, 0.15) is 11.8 Å². The van der Waals surface area contributed by atoms with Gasteiger partial charge in [0.2, 0.25) is 0 Å². The lowest BCUT2D eigenvalue weighted by Crippen LogP contribution is -2.20. The van der Waals surface area contributed by atoms with Gasteiger partial charge in [-0.25, -0.2) is 4.98 Å². The fourth-order valence-electron chi connectivity index (χ4n) is 2.42. The lowest BCUT2D eigenvalue weighted by atomic mass is 9.96. The molecule has 1 fully saturated rings. The molecule has 0 unspecified atom stereocenters. The molecule has 1 aromatic rings. The minimum absolute atomic E-state index is 0.487. The SMILES string of the molecule is N#Cc1cc(NC2CCCCCCC2)ccn1. The summed E-state index contributed by atoms with van der Waals surface area (Å²) in [7, 11) is 0. The second-order valence-electron chi connectivity index (χ2n) is 4.73. The predicted molar refractivity (Wildman–Crippen MR) is 68.7 cm³/mol. The Labute approximate surface area is 103 Å². The monoisotopic (exact) mass is 229 g/mol. The van der Waals surface area contributed by atoms with Crippen LogP contribution in [0.1, 0.15) is 50.6 Å². The quantitative estimate of drug-likeness (QED) is 0.844. The van der Waals surface area contributed by atoms with Crippen LogP contribution >= 0.6 is 0 Å². The summed E-state index contributed by atoms with van der Waals surface area (Å²) in [5.74, 6) is 0. The van der Waals surface area contributed by atoms with Crippen LogP contribution in [0.15, 0.2) is 18.3 Å². The normalized spacial score (nSPS) is 17.8. The van der Waals surface area contributed by atoms with Crippen LogP contribution in [-0.2, 0) is 0 Å². The minimum atomic E-state index is 0.487. The van der Waals surface area contributed by atoms with E-state index in [0.717, 1.165) is 5.69 Å². The van der Waals surface area contributed by atoms with Crippen molar-refractivity contribution in [2.75, 3.05) is 5.32 Å². The van der Waals surface area contributed by atoms with Crippen LogP contribution in [0.2, 0.25) is 0 Å². The molecule has 3 heteroatoms.